The fourth-order valence-electron chi connectivity index (χ4n) is 1.87. The predicted octanol–water partition coefficient (Wildman–Crippen LogP) is 2.97. The fraction of sp³-hybridized carbons (Fsp3) is 0.333. The van der Waals surface area contributed by atoms with Crippen LogP contribution in [-0.4, -0.2) is 4.57 Å². The van der Waals surface area contributed by atoms with E-state index < -0.39 is 5.67 Å². The zero-order valence-corrected chi connectivity index (χ0v) is 9.21. The largest absolute Gasteiger partial charge is 0.399 e. The van der Waals surface area contributed by atoms with Crippen LogP contribution in [0.15, 0.2) is 24.4 Å². The minimum atomic E-state index is -1.32. The summed E-state index contributed by atoms with van der Waals surface area (Å²) in [6.07, 6.45) is 1.82. The summed E-state index contributed by atoms with van der Waals surface area (Å²) in [6.45, 7) is 3.14. The molecule has 0 bridgehead atoms. The van der Waals surface area contributed by atoms with Crippen LogP contribution in [0.4, 0.5) is 10.1 Å². The van der Waals surface area contributed by atoms with Gasteiger partial charge in [-0.25, -0.2) is 4.39 Å². The third-order valence-corrected chi connectivity index (χ3v) is 2.66. The molecule has 0 atom stereocenters. The van der Waals surface area contributed by atoms with Crippen LogP contribution in [0.25, 0.3) is 10.9 Å². The van der Waals surface area contributed by atoms with Crippen LogP contribution in [0, 0.1) is 0 Å². The molecule has 2 rings (SSSR count). The Morgan fingerprint density at radius 1 is 1.33 bits per heavy atom. The average Bonchev–Trinajstić information content (AvgIpc) is 2.43. The summed E-state index contributed by atoms with van der Waals surface area (Å²) in [6, 6.07) is 5.55. The Hall–Kier alpha value is -1.51. The third kappa shape index (κ3) is 1.58. The van der Waals surface area contributed by atoms with Crippen molar-refractivity contribution >= 4 is 16.6 Å². The van der Waals surface area contributed by atoms with Crippen molar-refractivity contribution in [2.24, 2.45) is 7.05 Å². The number of anilines is 1. The van der Waals surface area contributed by atoms with Gasteiger partial charge in [-0.1, -0.05) is 6.07 Å². The Morgan fingerprint density at radius 2 is 2.00 bits per heavy atom. The SMILES string of the molecule is Cn1cc(C(C)(C)F)c2ccc(N)cc21. The Morgan fingerprint density at radius 3 is 2.60 bits per heavy atom. The number of rotatable bonds is 1. The van der Waals surface area contributed by atoms with E-state index in [-0.39, 0.29) is 0 Å². The van der Waals surface area contributed by atoms with Crippen LogP contribution >= 0.6 is 0 Å². The van der Waals surface area contributed by atoms with Gasteiger partial charge in [-0.05, 0) is 26.0 Å². The Labute approximate surface area is 88.5 Å². The van der Waals surface area contributed by atoms with Crippen molar-refractivity contribution in [2.45, 2.75) is 19.5 Å². The van der Waals surface area contributed by atoms with E-state index in [1.54, 1.807) is 19.9 Å². The molecule has 80 valence electrons. The number of aromatic nitrogens is 1. The predicted molar refractivity (Wildman–Crippen MR) is 61.5 cm³/mol. The number of hydrogen-bond acceptors (Lipinski definition) is 1. The van der Waals surface area contributed by atoms with Gasteiger partial charge >= 0.3 is 0 Å². The molecule has 3 heteroatoms. The van der Waals surface area contributed by atoms with Crippen molar-refractivity contribution in [1.29, 1.82) is 0 Å². The van der Waals surface area contributed by atoms with Gasteiger partial charge in [0.05, 0.1) is 5.52 Å². The highest BCUT2D eigenvalue weighted by molar-refractivity contribution is 5.87. The maximum Gasteiger partial charge on any atom is 0.132 e. The zero-order valence-electron chi connectivity index (χ0n) is 9.21. The highest BCUT2D eigenvalue weighted by atomic mass is 19.1. The maximum atomic E-state index is 13.9. The number of nitrogens with zero attached hydrogens (tertiary/aromatic N) is 1. The number of alkyl halides is 1. The van der Waals surface area contributed by atoms with Gasteiger partial charge < -0.3 is 10.3 Å². The molecule has 0 unspecified atom stereocenters. The van der Waals surface area contributed by atoms with Crippen molar-refractivity contribution < 1.29 is 4.39 Å². The van der Waals surface area contributed by atoms with E-state index in [1.165, 1.54) is 0 Å². The minimum absolute atomic E-state index is 0.701. The topological polar surface area (TPSA) is 30.9 Å². The fourth-order valence-corrected chi connectivity index (χ4v) is 1.87. The smallest absolute Gasteiger partial charge is 0.132 e. The monoisotopic (exact) mass is 206 g/mol. The number of halogens is 1. The van der Waals surface area contributed by atoms with Gasteiger partial charge in [-0.2, -0.15) is 0 Å². The summed E-state index contributed by atoms with van der Waals surface area (Å²) in [5.74, 6) is 0. The molecule has 0 radical (unpaired) electrons. The number of nitrogens with two attached hydrogens (primary N) is 1. The molecule has 0 fully saturated rings. The maximum absolute atomic E-state index is 13.9. The molecule has 0 aliphatic carbocycles. The van der Waals surface area contributed by atoms with Crippen molar-refractivity contribution in [3.63, 3.8) is 0 Å². The summed E-state index contributed by atoms with van der Waals surface area (Å²) in [7, 11) is 1.90. The molecule has 0 amide bonds. The lowest BCUT2D eigenvalue weighted by Gasteiger charge is -2.12. The number of aryl methyl sites for hydroxylation is 1. The third-order valence-electron chi connectivity index (χ3n) is 2.66. The van der Waals surface area contributed by atoms with Crippen LogP contribution in [0.2, 0.25) is 0 Å². The Kier molecular flexibility index (Phi) is 2.00. The zero-order chi connectivity index (χ0) is 11.2. The molecule has 15 heavy (non-hydrogen) atoms. The standard InChI is InChI=1S/C12H15FN2/c1-12(2,13)10-7-15(3)11-6-8(14)4-5-9(10)11/h4-7H,14H2,1-3H3. The van der Waals surface area contributed by atoms with Gasteiger partial charge in [0.1, 0.15) is 5.67 Å². The first-order valence-corrected chi connectivity index (χ1v) is 4.93. The van der Waals surface area contributed by atoms with Crippen molar-refractivity contribution in [2.75, 3.05) is 5.73 Å². The molecule has 2 nitrogen and oxygen atoms in total. The molecular weight excluding hydrogens is 191 g/mol. The van der Waals surface area contributed by atoms with Crippen LogP contribution in [-0.2, 0) is 12.7 Å². The second kappa shape index (κ2) is 2.99. The van der Waals surface area contributed by atoms with Crippen LogP contribution in [0.1, 0.15) is 19.4 Å². The van der Waals surface area contributed by atoms with Crippen molar-refractivity contribution in [1.82, 2.24) is 4.57 Å². The van der Waals surface area contributed by atoms with E-state index in [0.717, 1.165) is 10.9 Å². The van der Waals surface area contributed by atoms with Gasteiger partial charge in [0, 0.05) is 29.9 Å². The van der Waals surface area contributed by atoms with Crippen molar-refractivity contribution in [3.8, 4) is 0 Å². The quantitative estimate of drug-likeness (QED) is 0.714. The highest BCUT2D eigenvalue weighted by Crippen LogP contribution is 2.33. The molecule has 0 spiro atoms. The van der Waals surface area contributed by atoms with E-state index in [2.05, 4.69) is 0 Å². The highest BCUT2D eigenvalue weighted by Gasteiger charge is 2.23. The van der Waals surface area contributed by atoms with Crippen LogP contribution in [0.5, 0.6) is 0 Å². The Bertz CT molecular complexity index is 506. The van der Waals surface area contributed by atoms with E-state index in [4.69, 9.17) is 5.73 Å². The van der Waals surface area contributed by atoms with Crippen molar-refractivity contribution in [3.05, 3.63) is 30.0 Å². The van der Waals surface area contributed by atoms with Gasteiger partial charge in [0.25, 0.3) is 0 Å². The second-order valence-corrected chi connectivity index (χ2v) is 4.40. The number of nitrogen functional groups attached to an aromatic ring is 1. The second-order valence-electron chi connectivity index (χ2n) is 4.40. The molecule has 2 N–H and O–H groups in total. The van der Waals surface area contributed by atoms with Gasteiger partial charge in [-0.3, -0.25) is 0 Å². The average molecular weight is 206 g/mol. The summed E-state index contributed by atoms with van der Waals surface area (Å²) in [5.41, 5.74) is 6.76. The lowest BCUT2D eigenvalue weighted by atomic mass is 9.99. The molecule has 2 aromatic rings. The molecule has 1 heterocycles. The van der Waals surface area contributed by atoms with E-state index >= 15 is 0 Å². The van der Waals surface area contributed by atoms with E-state index in [9.17, 15) is 4.39 Å². The molecule has 1 aromatic heterocycles. The van der Waals surface area contributed by atoms with E-state index in [0.29, 0.717) is 11.3 Å². The van der Waals surface area contributed by atoms with Gasteiger partial charge in [0.2, 0.25) is 0 Å². The molecule has 0 aliphatic heterocycles. The molecule has 0 aliphatic rings. The first-order chi connectivity index (χ1) is 6.89. The van der Waals surface area contributed by atoms with Gasteiger partial charge in [-0.15, -0.1) is 0 Å². The number of hydrogen-bond donors (Lipinski definition) is 1. The summed E-state index contributed by atoms with van der Waals surface area (Å²) in [5, 5.41) is 0.930. The van der Waals surface area contributed by atoms with E-state index in [1.807, 2.05) is 29.9 Å². The van der Waals surface area contributed by atoms with Crippen LogP contribution in [0.3, 0.4) is 0 Å². The number of fused-ring (bicyclic) bond motifs is 1. The first-order valence-electron chi connectivity index (χ1n) is 4.93. The first kappa shape index (κ1) is 10.0. The van der Waals surface area contributed by atoms with Gasteiger partial charge in [0.15, 0.2) is 0 Å². The molecule has 0 saturated heterocycles. The minimum Gasteiger partial charge on any atom is -0.399 e. The molecule has 1 aromatic carbocycles. The lowest BCUT2D eigenvalue weighted by Crippen LogP contribution is -2.07. The summed E-state index contributed by atoms with van der Waals surface area (Å²) < 4.78 is 15.8. The number of benzene rings is 1. The normalized spacial score (nSPS) is 12.3. The summed E-state index contributed by atoms with van der Waals surface area (Å²) >= 11 is 0. The lowest BCUT2D eigenvalue weighted by molar-refractivity contribution is 0.223. The summed E-state index contributed by atoms with van der Waals surface area (Å²) in [4.78, 5) is 0. The Balaban J connectivity index is 2.79. The molecule has 0 saturated carbocycles. The van der Waals surface area contributed by atoms with Crippen LogP contribution < -0.4 is 5.73 Å². The molecular formula is C12H15FN2.